The third kappa shape index (κ3) is 3.21. The van der Waals surface area contributed by atoms with Gasteiger partial charge in [0.15, 0.2) is 18.1 Å². The molecule has 2 fully saturated rings. The maximum Gasteiger partial charge on any atom is 0.258 e. The molecule has 1 N–H and O–H groups in total. The number of carbonyl (C=O) groups excluding carboxylic acids is 1. The number of nitrogens with one attached hydrogen (secondary N) is 1. The maximum absolute atomic E-state index is 12.1. The van der Waals surface area contributed by atoms with Gasteiger partial charge in [-0.05, 0) is 56.1 Å². The van der Waals surface area contributed by atoms with E-state index in [0.717, 1.165) is 11.8 Å². The van der Waals surface area contributed by atoms with E-state index in [9.17, 15) is 4.79 Å². The van der Waals surface area contributed by atoms with Crippen LogP contribution in [0.3, 0.4) is 0 Å². The molecular weight excluding hydrogens is 278 g/mol. The SMILES string of the molecule is COc1ccccc1OCC(=O)N[C@@H](C)[C@@H]1C[C@H]2CC[C@H]1C2. The van der Waals surface area contributed by atoms with Gasteiger partial charge >= 0.3 is 0 Å². The molecule has 0 spiro atoms. The summed E-state index contributed by atoms with van der Waals surface area (Å²) >= 11 is 0. The number of hydrogen-bond acceptors (Lipinski definition) is 3. The van der Waals surface area contributed by atoms with E-state index in [1.165, 1.54) is 25.7 Å². The van der Waals surface area contributed by atoms with Crippen molar-refractivity contribution < 1.29 is 14.3 Å². The van der Waals surface area contributed by atoms with Gasteiger partial charge in [0.25, 0.3) is 5.91 Å². The van der Waals surface area contributed by atoms with E-state index < -0.39 is 0 Å². The Balaban J connectivity index is 1.48. The van der Waals surface area contributed by atoms with Gasteiger partial charge in [-0.3, -0.25) is 4.79 Å². The Kier molecular flexibility index (Phi) is 4.55. The zero-order valence-corrected chi connectivity index (χ0v) is 13.4. The van der Waals surface area contributed by atoms with Crippen molar-refractivity contribution in [3.05, 3.63) is 24.3 Å². The normalized spacial score (nSPS) is 27.5. The second-order valence-corrected chi connectivity index (χ2v) is 6.63. The van der Waals surface area contributed by atoms with Crippen molar-refractivity contribution in [2.24, 2.45) is 17.8 Å². The minimum absolute atomic E-state index is 0.0333. The molecule has 4 heteroatoms. The average molecular weight is 303 g/mol. The predicted molar refractivity (Wildman–Crippen MR) is 85.0 cm³/mol. The first-order valence-electron chi connectivity index (χ1n) is 8.22. The first-order chi connectivity index (χ1) is 10.7. The number of amides is 1. The molecule has 4 atom stereocenters. The molecule has 2 bridgehead atoms. The number of rotatable bonds is 6. The lowest BCUT2D eigenvalue weighted by molar-refractivity contribution is -0.124. The molecule has 1 amide bonds. The van der Waals surface area contributed by atoms with Gasteiger partial charge in [-0.1, -0.05) is 18.6 Å². The van der Waals surface area contributed by atoms with Crippen LogP contribution in [0.2, 0.25) is 0 Å². The van der Waals surface area contributed by atoms with E-state index in [2.05, 4.69) is 12.2 Å². The van der Waals surface area contributed by atoms with Crippen molar-refractivity contribution in [1.29, 1.82) is 0 Å². The van der Waals surface area contributed by atoms with Crippen molar-refractivity contribution in [2.75, 3.05) is 13.7 Å². The molecule has 1 aromatic rings. The summed E-state index contributed by atoms with van der Waals surface area (Å²) in [5, 5.41) is 3.11. The van der Waals surface area contributed by atoms with Crippen LogP contribution in [0, 0.1) is 17.8 Å². The third-order valence-corrected chi connectivity index (χ3v) is 5.25. The first kappa shape index (κ1) is 15.2. The van der Waals surface area contributed by atoms with Gasteiger partial charge in [0, 0.05) is 6.04 Å². The lowest BCUT2D eigenvalue weighted by Crippen LogP contribution is -2.42. The number of para-hydroxylation sites is 2. The van der Waals surface area contributed by atoms with Gasteiger partial charge in [0.2, 0.25) is 0 Å². The molecule has 3 rings (SSSR count). The smallest absolute Gasteiger partial charge is 0.258 e. The largest absolute Gasteiger partial charge is 0.493 e. The van der Waals surface area contributed by atoms with E-state index >= 15 is 0 Å². The summed E-state index contributed by atoms with van der Waals surface area (Å²) in [6, 6.07) is 7.62. The number of ether oxygens (including phenoxy) is 2. The Hall–Kier alpha value is -1.71. The summed E-state index contributed by atoms with van der Waals surface area (Å²) in [6.45, 7) is 2.16. The van der Waals surface area contributed by atoms with Crippen LogP contribution in [0.25, 0.3) is 0 Å². The van der Waals surface area contributed by atoms with Crippen LogP contribution in [0.1, 0.15) is 32.6 Å². The Morgan fingerprint density at radius 2 is 2.05 bits per heavy atom. The van der Waals surface area contributed by atoms with E-state index in [0.29, 0.717) is 17.4 Å². The van der Waals surface area contributed by atoms with Crippen LogP contribution in [-0.4, -0.2) is 25.7 Å². The molecule has 0 saturated heterocycles. The summed E-state index contributed by atoms with van der Waals surface area (Å²) in [5.74, 6) is 3.56. The standard InChI is InChI=1S/C18H25NO3/c1-12(15-10-13-7-8-14(15)9-13)19-18(20)11-22-17-6-4-3-5-16(17)21-2/h3-6,12-15H,7-11H2,1-2H3,(H,19,20)/t12-,13-,14-,15-/m0/s1. The number of hydrogen-bond donors (Lipinski definition) is 1. The highest BCUT2D eigenvalue weighted by Gasteiger charge is 2.42. The zero-order valence-electron chi connectivity index (χ0n) is 13.4. The number of carbonyl (C=O) groups is 1. The van der Waals surface area contributed by atoms with Crippen LogP contribution in [0.4, 0.5) is 0 Å². The Morgan fingerprint density at radius 3 is 2.68 bits per heavy atom. The summed E-state index contributed by atoms with van der Waals surface area (Å²) in [6.07, 6.45) is 5.37. The number of benzene rings is 1. The van der Waals surface area contributed by atoms with Crippen LogP contribution in [0.15, 0.2) is 24.3 Å². The fraction of sp³-hybridized carbons (Fsp3) is 0.611. The zero-order chi connectivity index (χ0) is 15.5. The quantitative estimate of drug-likeness (QED) is 0.879. The molecule has 2 saturated carbocycles. The highest BCUT2D eigenvalue weighted by Crippen LogP contribution is 2.49. The van der Waals surface area contributed by atoms with Crippen LogP contribution in [-0.2, 0) is 4.79 Å². The lowest BCUT2D eigenvalue weighted by atomic mass is 9.84. The fourth-order valence-corrected chi connectivity index (χ4v) is 4.19. The van der Waals surface area contributed by atoms with E-state index in [1.807, 2.05) is 24.3 Å². The lowest BCUT2D eigenvalue weighted by Gasteiger charge is -2.28. The van der Waals surface area contributed by atoms with E-state index in [4.69, 9.17) is 9.47 Å². The second kappa shape index (κ2) is 6.59. The molecule has 0 unspecified atom stereocenters. The van der Waals surface area contributed by atoms with Crippen molar-refractivity contribution in [3.63, 3.8) is 0 Å². The molecule has 2 aliphatic carbocycles. The molecule has 0 aliphatic heterocycles. The number of methoxy groups -OCH3 is 1. The summed E-state index contributed by atoms with van der Waals surface area (Å²) in [5.41, 5.74) is 0. The molecule has 0 heterocycles. The minimum atomic E-state index is -0.0545. The summed E-state index contributed by atoms with van der Waals surface area (Å²) in [7, 11) is 1.60. The van der Waals surface area contributed by atoms with Crippen molar-refractivity contribution >= 4 is 5.91 Å². The molecule has 2 aliphatic rings. The molecule has 0 radical (unpaired) electrons. The van der Waals surface area contributed by atoms with Gasteiger partial charge in [-0.2, -0.15) is 0 Å². The van der Waals surface area contributed by atoms with Crippen molar-refractivity contribution in [1.82, 2.24) is 5.32 Å². The molecule has 4 nitrogen and oxygen atoms in total. The monoisotopic (exact) mass is 303 g/mol. The molecule has 1 aromatic carbocycles. The predicted octanol–water partition coefficient (Wildman–Crippen LogP) is 3.01. The topological polar surface area (TPSA) is 47.6 Å². The fourth-order valence-electron chi connectivity index (χ4n) is 4.19. The van der Waals surface area contributed by atoms with Gasteiger partial charge in [0.1, 0.15) is 0 Å². The molecular formula is C18H25NO3. The molecule has 0 aromatic heterocycles. The summed E-state index contributed by atoms with van der Waals surface area (Å²) < 4.78 is 10.8. The molecule has 120 valence electrons. The Labute approximate surface area is 132 Å². The van der Waals surface area contributed by atoms with E-state index in [1.54, 1.807) is 7.11 Å². The number of fused-ring (bicyclic) bond motifs is 2. The average Bonchev–Trinajstić information content (AvgIpc) is 3.16. The van der Waals surface area contributed by atoms with Gasteiger partial charge in [0.05, 0.1) is 7.11 Å². The molecule has 22 heavy (non-hydrogen) atoms. The maximum atomic E-state index is 12.1. The van der Waals surface area contributed by atoms with E-state index in [-0.39, 0.29) is 18.6 Å². The second-order valence-electron chi connectivity index (χ2n) is 6.63. The van der Waals surface area contributed by atoms with Crippen LogP contribution in [0.5, 0.6) is 11.5 Å². The minimum Gasteiger partial charge on any atom is -0.493 e. The highest BCUT2D eigenvalue weighted by molar-refractivity contribution is 5.77. The van der Waals surface area contributed by atoms with Crippen molar-refractivity contribution in [2.45, 2.75) is 38.6 Å². The van der Waals surface area contributed by atoms with Crippen LogP contribution >= 0.6 is 0 Å². The summed E-state index contributed by atoms with van der Waals surface area (Å²) in [4.78, 5) is 12.1. The van der Waals surface area contributed by atoms with Crippen molar-refractivity contribution in [3.8, 4) is 11.5 Å². The Bertz CT molecular complexity index is 531. The van der Waals surface area contributed by atoms with Gasteiger partial charge in [-0.25, -0.2) is 0 Å². The Morgan fingerprint density at radius 1 is 1.27 bits per heavy atom. The van der Waals surface area contributed by atoms with Gasteiger partial charge < -0.3 is 14.8 Å². The van der Waals surface area contributed by atoms with Gasteiger partial charge in [-0.15, -0.1) is 0 Å². The first-order valence-corrected chi connectivity index (χ1v) is 8.22. The van der Waals surface area contributed by atoms with Crippen LogP contribution < -0.4 is 14.8 Å². The third-order valence-electron chi connectivity index (χ3n) is 5.25. The highest BCUT2D eigenvalue weighted by atomic mass is 16.5.